The molecule has 0 radical (unpaired) electrons. The summed E-state index contributed by atoms with van der Waals surface area (Å²) in [5.41, 5.74) is 1.49. The molecule has 2 rings (SSSR count). The molecule has 0 aliphatic heterocycles. The normalized spacial score (nSPS) is 17.3. The molecule has 1 heterocycles. The van der Waals surface area contributed by atoms with E-state index < -0.39 is 0 Å². The molecule has 1 atom stereocenters. The molecule has 1 saturated carbocycles. The van der Waals surface area contributed by atoms with E-state index in [1.807, 2.05) is 11.3 Å². The van der Waals surface area contributed by atoms with Crippen LogP contribution in [-0.2, 0) is 6.54 Å². The molecule has 2 nitrogen and oxygen atoms in total. The second-order valence-corrected chi connectivity index (χ2v) is 7.23. The molecule has 0 aromatic carbocycles. The highest BCUT2D eigenvalue weighted by atomic mass is 32.1. The molecular formula is C16H28N2S. The Morgan fingerprint density at radius 1 is 1.32 bits per heavy atom. The topological polar surface area (TPSA) is 15.3 Å². The molecule has 0 spiro atoms. The maximum atomic E-state index is 3.58. The fourth-order valence-corrected chi connectivity index (χ4v) is 3.14. The zero-order chi connectivity index (χ0) is 13.7. The first-order valence-corrected chi connectivity index (χ1v) is 8.55. The van der Waals surface area contributed by atoms with E-state index in [-0.39, 0.29) is 0 Å². The van der Waals surface area contributed by atoms with Gasteiger partial charge in [-0.1, -0.05) is 20.8 Å². The van der Waals surface area contributed by atoms with Gasteiger partial charge in [-0.25, -0.2) is 0 Å². The zero-order valence-electron chi connectivity index (χ0n) is 12.6. The number of hydrogen-bond acceptors (Lipinski definition) is 3. The third-order valence-electron chi connectivity index (χ3n) is 3.62. The van der Waals surface area contributed by atoms with E-state index in [2.05, 4.69) is 47.8 Å². The third kappa shape index (κ3) is 5.64. The summed E-state index contributed by atoms with van der Waals surface area (Å²) in [4.78, 5) is 2.68. The lowest BCUT2D eigenvalue weighted by Gasteiger charge is -2.25. The van der Waals surface area contributed by atoms with Crippen LogP contribution in [0.1, 0.15) is 39.2 Å². The third-order valence-corrected chi connectivity index (χ3v) is 4.35. The van der Waals surface area contributed by atoms with Crippen LogP contribution in [0.5, 0.6) is 0 Å². The van der Waals surface area contributed by atoms with Gasteiger partial charge >= 0.3 is 0 Å². The second kappa shape index (κ2) is 7.41. The molecule has 1 aromatic rings. The fourth-order valence-electron chi connectivity index (χ4n) is 2.48. The molecule has 0 saturated heterocycles. The Morgan fingerprint density at radius 2 is 2.11 bits per heavy atom. The predicted octanol–water partition coefficient (Wildman–Crippen LogP) is 3.59. The highest BCUT2D eigenvalue weighted by molar-refractivity contribution is 7.07. The van der Waals surface area contributed by atoms with Gasteiger partial charge in [0.2, 0.25) is 0 Å². The molecule has 1 aromatic heterocycles. The number of hydrogen-bond donors (Lipinski definition) is 1. The summed E-state index contributed by atoms with van der Waals surface area (Å²) in [5, 5.41) is 8.06. The number of nitrogens with zero attached hydrogens (tertiary/aromatic N) is 1. The Morgan fingerprint density at radius 3 is 2.68 bits per heavy atom. The van der Waals surface area contributed by atoms with Crippen molar-refractivity contribution in [2.45, 2.75) is 46.2 Å². The first kappa shape index (κ1) is 15.0. The zero-order valence-corrected chi connectivity index (χ0v) is 13.4. The maximum absolute atomic E-state index is 3.58. The molecule has 108 valence electrons. The lowest BCUT2D eigenvalue weighted by molar-refractivity contribution is 0.216. The number of thiophene rings is 1. The summed E-state index contributed by atoms with van der Waals surface area (Å²) in [6, 6.07) is 3.12. The van der Waals surface area contributed by atoms with Crippen LogP contribution in [-0.4, -0.2) is 30.6 Å². The van der Waals surface area contributed by atoms with Crippen molar-refractivity contribution < 1.29 is 0 Å². The molecule has 0 amide bonds. The van der Waals surface area contributed by atoms with Crippen molar-refractivity contribution in [1.82, 2.24) is 10.2 Å². The standard InChI is InChI=1S/C16H28N2S/c1-13(2)8-17-9-14(3)10-18(16-4-5-16)11-15-6-7-19-12-15/h6-7,12-14,16-17H,4-5,8-11H2,1-3H3. The van der Waals surface area contributed by atoms with E-state index in [1.54, 1.807) is 0 Å². The van der Waals surface area contributed by atoms with Gasteiger partial charge in [0.15, 0.2) is 0 Å². The van der Waals surface area contributed by atoms with Gasteiger partial charge in [0.1, 0.15) is 0 Å². The molecule has 1 N–H and O–H groups in total. The van der Waals surface area contributed by atoms with Gasteiger partial charge in [0, 0.05) is 19.1 Å². The van der Waals surface area contributed by atoms with E-state index >= 15 is 0 Å². The summed E-state index contributed by atoms with van der Waals surface area (Å²) in [5.74, 6) is 1.48. The Bertz CT molecular complexity index is 344. The average Bonchev–Trinajstić information content (AvgIpc) is 3.07. The lowest BCUT2D eigenvalue weighted by atomic mass is 10.1. The van der Waals surface area contributed by atoms with Crippen molar-refractivity contribution in [2.75, 3.05) is 19.6 Å². The van der Waals surface area contributed by atoms with Gasteiger partial charge < -0.3 is 5.32 Å². The first-order chi connectivity index (χ1) is 9.15. The molecular weight excluding hydrogens is 252 g/mol. The SMILES string of the molecule is CC(C)CNCC(C)CN(Cc1ccsc1)C1CC1. The van der Waals surface area contributed by atoms with Gasteiger partial charge in [0.25, 0.3) is 0 Å². The van der Waals surface area contributed by atoms with Crippen LogP contribution in [0.2, 0.25) is 0 Å². The van der Waals surface area contributed by atoms with Crippen molar-refractivity contribution in [3.8, 4) is 0 Å². The summed E-state index contributed by atoms with van der Waals surface area (Å²) in [6.45, 7) is 11.6. The van der Waals surface area contributed by atoms with Crippen LogP contribution in [0, 0.1) is 11.8 Å². The fraction of sp³-hybridized carbons (Fsp3) is 0.750. The predicted molar refractivity (Wildman–Crippen MR) is 84.6 cm³/mol. The molecule has 1 aliphatic rings. The van der Waals surface area contributed by atoms with E-state index in [0.29, 0.717) is 0 Å². The van der Waals surface area contributed by atoms with E-state index in [4.69, 9.17) is 0 Å². The maximum Gasteiger partial charge on any atom is 0.0245 e. The minimum absolute atomic E-state index is 0.734. The van der Waals surface area contributed by atoms with Crippen LogP contribution in [0.15, 0.2) is 16.8 Å². The molecule has 0 bridgehead atoms. The Kier molecular flexibility index (Phi) is 5.86. The van der Waals surface area contributed by atoms with Gasteiger partial charge in [-0.2, -0.15) is 11.3 Å². The lowest BCUT2D eigenvalue weighted by Crippen LogP contribution is -2.35. The molecule has 19 heavy (non-hydrogen) atoms. The van der Waals surface area contributed by atoms with Crippen LogP contribution >= 0.6 is 11.3 Å². The van der Waals surface area contributed by atoms with Crippen LogP contribution in [0.25, 0.3) is 0 Å². The average molecular weight is 280 g/mol. The summed E-state index contributed by atoms with van der Waals surface area (Å²) >= 11 is 1.81. The van der Waals surface area contributed by atoms with Gasteiger partial charge in [-0.05, 0) is 60.2 Å². The minimum Gasteiger partial charge on any atom is -0.316 e. The molecule has 1 unspecified atom stereocenters. The van der Waals surface area contributed by atoms with E-state index in [1.165, 1.54) is 24.9 Å². The molecule has 1 aliphatic carbocycles. The van der Waals surface area contributed by atoms with E-state index in [9.17, 15) is 0 Å². The van der Waals surface area contributed by atoms with Crippen molar-refractivity contribution >= 4 is 11.3 Å². The molecule has 3 heteroatoms. The smallest absolute Gasteiger partial charge is 0.0245 e. The van der Waals surface area contributed by atoms with Crippen LogP contribution < -0.4 is 5.32 Å². The summed E-state index contributed by atoms with van der Waals surface area (Å²) < 4.78 is 0. The van der Waals surface area contributed by atoms with Crippen molar-refractivity contribution in [1.29, 1.82) is 0 Å². The van der Waals surface area contributed by atoms with Crippen LogP contribution in [0.4, 0.5) is 0 Å². The summed E-state index contributed by atoms with van der Waals surface area (Å²) in [6.07, 6.45) is 2.80. The number of rotatable bonds is 9. The van der Waals surface area contributed by atoms with E-state index in [0.717, 1.165) is 37.5 Å². The largest absolute Gasteiger partial charge is 0.316 e. The van der Waals surface area contributed by atoms with Gasteiger partial charge in [-0.15, -0.1) is 0 Å². The minimum atomic E-state index is 0.734. The first-order valence-electron chi connectivity index (χ1n) is 7.61. The van der Waals surface area contributed by atoms with Crippen molar-refractivity contribution in [3.63, 3.8) is 0 Å². The van der Waals surface area contributed by atoms with Crippen molar-refractivity contribution in [3.05, 3.63) is 22.4 Å². The Hall–Kier alpha value is -0.380. The quantitative estimate of drug-likeness (QED) is 0.743. The van der Waals surface area contributed by atoms with Gasteiger partial charge in [0.05, 0.1) is 0 Å². The number of nitrogens with one attached hydrogen (secondary N) is 1. The highest BCUT2D eigenvalue weighted by Crippen LogP contribution is 2.29. The van der Waals surface area contributed by atoms with Crippen molar-refractivity contribution in [2.24, 2.45) is 11.8 Å². The van der Waals surface area contributed by atoms with Crippen LogP contribution in [0.3, 0.4) is 0 Å². The Labute approximate surface area is 122 Å². The molecule has 1 fully saturated rings. The Balaban J connectivity index is 1.73. The second-order valence-electron chi connectivity index (χ2n) is 6.45. The highest BCUT2D eigenvalue weighted by Gasteiger charge is 2.29. The van der Waals surface area contributed by atoms with Gasteiger partial charge in [-0.3, -0.25) is 4.90 Å². The summed E-state index contributed by atoms with van der Waals surface area (Å²) in [7, 11) is 0. The monoisotopic (exact) mass is 280 g/mol.